The molecule has 13 heteroatoms. The summed E-state index contributed by atoms with van der Waals surface area (Å²) >= 11 is 12.6. The molecule has 10 nitrogen and oxygen atoms in total. The van der Waals surface area contributed by atoms with Crippen molar-refractivity contribution in [2.45, 2.75) is 50.7 Å². The van der Waals surface area contributed by atoms with Crippen LogP contribution in [-0.2, 0) is 32.6 Å². The van der Waals surface area contributed by atoms with E-state index in [1.165, 1.54) is 37.3 Å². The highest BCUT2D eigenvalue weighted by molar-refractivity contribution is 7.92. The van der Waals surface area contributed by atoms with Crippen LogP contribution in [0.4, 0.5) is 5.69 Å². The molecule has 0 radical (unpaired) electrons. The Kier molecular flexibility index (Phi) is 13.4. The largest absolute Gasteiger partial charge is 0.494 e. The van der Waals surface area contributed by atoms with Crippen molar-refractivity contribution in [2.24, 2.45) is 0 Å². The zero-order valence-electron chi connectivity index (χ0n) is 28.6. The Hall–Kier alpha value is -4.45. The van der Waals surface area contributed by atoms with E-state index in [0.29, 0.717) is 28.7 Å². The fourth-order valence-corrected chi connectivity index (χ4v) is 7.03. The van der Waals surface area contributed by atoms with Gasteiger partial charge in [-0.25, -0.2) is 8.42 Å². The summed E-state index contributed by atoms with van der Waals surface area (Å²) < 4.78 is 46.2. The number of methoxy groups -OCH3 is 2. The molecule has 0 aliphatic heterocycles. The van der Waals surface area contributed by atoms with Gasteiger partial charge in [-0.2, -0.15) is 0 Å². The first-order valence-electron chi connectivity index (χ1n) is 15.9. The maximum atomic E-state index is 14.7. The van der Waals surface area contributed by atoms with Crippen LogP contribution >= 0.6 is 23.2 Å². The number of nitrogens with zero attached hydrogens (tertiary/aromatic N) is 2. The normalized spacial score (nSPS) is 11.8. The summed E-state index contributed by atoms with van der Waals surface area (Å²) in [5.74, 6) is 0.0333. The lowest BCUT2D eigenvalue weighted by Gasteiger charge is -2.34. The summed E-state index contributed by atoms with van der Waals surface area (Å²) in [7, 11) is -1.56. The fourth-order valence-electron chi connectivity index (χ4n) is 5.28. The molecule has 0 saturated heterocycles. The Morgan fingerprint density at radius 3 is 2.10 bits per heavy atom. The highest BCUT2D eigenvalue weighted by Gasteiger charge is 2.35. The summed E-state index contributed by atoms with van der Waals surface area (Å²) in [4.78, 5) is 29.8. The molecule has 0 aliphatic carbocycles. The number of benzene rings is 4. The first-order chi connectivity index (χ1) is 23.9. The number of nitrogens with one attached hydrogen (secondary N) is 1. The van der Waals surface area contributed by atoms with Crippen LogP contribution in [0.15, 0.2) is 95.9 Å². The zero-order chi connectivity index (χ0) is 36.4. The SMILES string of the molecule is CCOc1ccc(N(CC(=O)N(Cc2ccc(Cl)c(Cl)c2)[C@H](Cc2ccccc2)C(=O)NC(C)C)S(=O)(=O)c2ccc(OC)c(OC)c2)cc1. The van der Waals surface area contributed by atoms with E-state index in [-0.39, 0.29) is 40.4 Å². The van der Waals surface area contributed by atoms with Crippen molar-refractivity contribution in [3.63, 3.8) is 0 Å². The summed E-state index contributed by atoms with van der Waals surface area (Å²) in [5, 5.41) is 3.54. The van der Waals surface area contributed by atoms with Crippen LogP contribution in [0.1, 0.15) is 31.9 Å². The minimum Gasteiger partial charge on any atom is -0.494 e. The second-order valence-electron chi connectivity index (χ2n) is 11.6. The van der Waals surface area contributed by atoms with Crippen LogP contribution in [0.5, 0.6) is 17.2 Å². The highest BCUT2D eigenvalue weighted by Crippen LogP contribution is 2.33. The number of rotatable bonds is 16. The van der Waals surface area contributed by atoms with Gasteiger partial charge in [0.2, 0.25) is 11.8 Å². The van der Waals surface area contributed by atoms with Gasteiger partial charge < -0.3 is 24.4 Å². The molecule has 0 fully saturated rings. The predicted molar refractivity (Wildman–Crippen MR) is 196 cm³/mol. The highest BCUT2D eigenvalue weighted by atomic mass is 35.5. The van der Waals surface area contributed by atoms with E-state index in [1.54, 1.807) is 42.5 Å². The monoisotopic (exact) mass is 741 g/mol. The van der Waals surface area contributed by atoms with E-state index in [1.807, 2.05) is 51.1 Å². The zero-order valence-corrected chi connectivity index (χ0v) is 30.9. The Morgan fingerprint density at radius 1 is 0.820 bits per heavy atom. The fraction of sp³-hybridized carbons (Fsp3) is 0.297. The van der Waals surface area contributed by atoms with Crippen molar-refractivity contribution in [1.82, 2.24) is 10.2 Å². The van der Waals surface area contributed by atoms with Gasteiger partial charge in [0.05, 0.1) is 41.5 Å². The van der Waals surface area contributed by atoms with E-state index in [2.05, 4.69) is 5.32 Å². The molecule has 0 spiro atoms. The molecule has 0 aliphatic rings. The standard InChI is InChI=1S/C37H41Cl2N3O7S/c1-6-49-29-15-13-28(14-16-29)42(50(45,46)30-17-19-34(47-4)35(22-30)48-5)24-36(43)41(23-27-12-18-31(38)32(39)20-27)33(37(44)40-25(2)3)21-26-10-8-7-9-11-26/h7-20,22,25,33H,6,21,23-24H2,1-5H3,(H,40,44)/t33-/m1/s1. The number of sulfonamides is 1. The summed E-state index contributed by atoms with van der Waals surface area (Å²) in [6.07, 6.45) is 0.165. The summed E-state index contributed by atoms with van der Waals surface area (Å²) in [6.45, 7) is 5.19. The second kappa shape index (κ2) is 17.5. The molecule has 0 heterocycles. The third kappa shape index (κ3) is 9.62. The molecule has 50 heavy (non-hydrogen) atoms. The topological polar surface area (TPSA) is 114 Å². The Bertz CT molecular complexity index is 1870. The van der Waals surface area contributed by atoms with E-state index < -0.39 is 34.4 Å². The molecule has 1 N–H and O–H groups in total. The molecular formula is C37H41Cl2N3O7S. The van der Waals surface area contributed by atoms with Gasteiger partial charge in [-0.05, 0) is 80.4 Å². The third-order valence-corrected chi connectivity index (χ3v) is 10.2. The van der Waals surface area contributed by atoms with Crippen molar-refractivity contribution < 1.29 is 32.2 Å². The average Bonchev–Trinajstić information content (AvgIpc) is 3.10. The van der Waals surface area contributed by atoms with Crippen molar-refractivity contribution in [2.75, 3.05) is 31.7 Å². The molecular weight excluding hydrogens is 701 g/mol. The first kappa shape index (κ1) is 38.4. The second-order valence-corrected chi connectivity index (χ2v) is 14.3. The number of carbonyl (C=O) groups is 2. The van der Waals surface area contributed by atoms with Gasteiger partial charge in [0.1, 0.15) is 18.3 Å². The number of amides is 2. The molecule has 0 aromatic heterocycles. The lowest BCUT2D eigenvalue weighted by Crippen LogP contribution is -2.54. The lowest BCUT2D eigenvalue weighted by atomic mass is 10.0. The first-order valence-corrected chi connectivity index (χ1v) is 18.1. The maximum Gasteiger partial charge on any atom is 0.264 e. The van der Waals surface area contributed by atoms with Gasteiger partial charge >= 0.3 is 0 Å². The predicted octanol–water partition coefficient (Wildman–Crippen LogP) is 6.77. The summed E-state index contributed by atoms with van der Waals surface area (Å²) in [6, 6.07) is 23.5. The molecule has 4 aromatic carbocycles. The Balaban J connectivity index is 1.85. The number of halogens is 2. The number of ether oxygens (including phenoxy) is 3. The van der Waals surface area contributed by atoms with Gasteiger partial charge in [-0.15, -0.1) is 0 Å². The van der Waals surface area contributed by atoms with E-state index in [4.69, 9.17) is 37.4 Å². The number of carbonyl (C=O) groups excluding carboxylic acids is 2. The van der Waals surface area contributed by atoms with Crippen molar-refractivity contribution >= 4 is 50.7 Å². The number of anilines is 1. The number of hydrogen-bond donors (Lipinski definition) is 1. The van der Waals surface area contributed by atoms with Gasteiger partial charge in [0, 0.05) is 25.1 Å². The van der Waals surface area contributed by atoms with Gasteiger partial charge in [-0.3, -0.25) is 13.9 Å². The minimum atomic E-state index is -4.40. The van der Waals surface area contributed by atoms with Crippen LogP contribution in [0.25, 0.3) is 0 Å². The van der Waals surface area contributed by atoms with Crippen LogP contribution in [-0.4, -0.2) is 64.6 Å². The lowest BCUT2D eigenvalue weighted by molar-refractivity contribution is -0.140. The Morgan fingerprint density at radius 2 is 1.50 bits per heavy atom. The molecule has 0 unspecified atom stereocenters. The van der Waals surface area contributed by atoms with E-state index in [9.17, 15) is 18.0 Å². The molecule has 1 atom stereocenters. The number of hydrogen-bond acceptors (Lipinski definition) is 7. The molecule has 0 saturated carbocycles. The minimum absolute atomic E-state index is 0.0632. The quantitative estimate of drug-likeness (QED) is 0.135. The molecule has 2 amide bonds. The van der Waals surface area contributed by atoms with E-state index in [0.717, 1.165) is 9.87 Å². The van der Waals surface area contributed by atoms with Gasteiger partial charge in [0.15, 0.2) is 11.5 Å². The van der Waals surface area contributed by atoms with Crippen molar-refractivity contribution in [1.29, 1.82) is 0 Å². The third-order valence-electron chi connectivity index (χ3n) is 7.70. The molecule has 4 aromatic rings. The van der Waals surface area contributed by atoms with Gasteiger partial charge in [-0.1, -0.05) is 59.6 Å². The molecule has 4 rings (SSSR count). The molecule has 0 bridgehead atoms. The maximum absolute atomic E-state index is 14.7. The van der Waals surface area contributed by atoms with Gasteiger partial charge in [0.25, 0.3) is 10.0 Å². The van der Waals surface area contributed by atoms with Crippen molar-refractivity contribution in [3.05, 3.63) is 112 Å². The van der Waals surface area contributed by atoms with Crippen LogP contribution in [0.2, 0.25) is 10.0 Å². The summed E-state index contributed by atoms with van der Waals surface area (Å²) in [5.41, 5.74) is 1.61. The smallest absolute Gasteiger partial charge is 0.264 e. The molecule has 266 valence electrons. The van der Waals surface area contributed by atoms with Crippen molar-refractivity contribution in [3.8, 4) is 17.2 Å². The Labute approximate surface area is 303 Å². The average molecular weight is 743 g/mol. The van der Waals surface area contributed by atoms with Crippen LogP contribution in [0, 0.1) is 0 Å². The van der Waals surface area contributed by atoms with Crippen LogP contribution < -0.4 is 23.8 Å². The van der Waals surface area contributed by atoms with E-state index >= 15 is 0 Å². The van der Waals surface area contributed by atoms with Crippen LogP contribution in [0.3, 0.4) is 0 Å².